The number of benzene rings is 1. The molecule has 0 radical (unpaired) electrons. The van der Waals surface area contributed by atoms with Crippen molar-refractivity contribution in [3.8, 4) is 0 Å². The SMILES string of the molecule is C[C@H](C(=O)N1CCC[C@@H](N(C)CC(=O)O)CC1)N1CCc2ccccc2C1. The number of aliphatic carboxylic acids is 1. The Labute approximate surface area is 161 Å². The molecule has 1 aromatic rings. The van der Waals surface area contributed by atoms with Gasteiger partial charge in [-0.05, 0) is 50.8 Å². The molecule has 6 heteroatoms. The molecule has 0 saturated carbocycles. The second-order valence-electron chi connectivity index (χ2n) is 7.88. The van der Waals surface area contributed by atoms with Crippen molar-refractivity contribution in [2.24, 2.45) is 0 Å². The lowest BCUT2D eigenvalue weighted by Crippen LogP contribution is -2.49. The second-order valence-corrected chi connectivity index (χ2v) is 7.88. The van der Waals surface area contributed by atoms with Crippen LogP contribution in [-0.4, -0.2) is 77.0 Å². The highest BCUT2D eigenvalue weighted by Gasteiger charge is 2.30. The highest BCUT2D eigenvalue weighted by molar-refractivity contribution is 5.81. The minimum atomic E-state index is -0.798. The minimum Gasteiger partial charge on any atom is -0.480 e. The summed E-state index contributed by atoms with van der Waals surface area (Å²) in [6.07, 6.45) is 3.70. The fourth-order valence-corrected chi connectivity index (χ4v) is 4.35. The first-order valence-electron chi connectivity index (χ1n) is 9.97. The maximum atomic E-state index is 13.1. The molecule has 0 aromatic heterocycles. The monoisotopic (exact) mass is 373 g/mol. The van der Waals surface area contributed by atoms with Gasteiger partial charge < -0.3 is 10.0 Å². The van der Waals surface area contributed by atoms with Gasteiger partial charge in [0.15, 0.2) is 0 Å². The first-order chi connectivity index (χ1) is 13.0. The standard InChI is InChI=1S/C21H31N3O3/c1-16(24-12-9-17-6-3-4-7-18(17)14-24)21(27)23-11-5-8-19(10-13-23)22(2)15-20(25)26/h3-4,6-7,16,19H,5,8-15H2,1-2H3,(H,25,26)/t16-,19-/m1/s1. The number of hydrogen-bond donors (Lipinski definition) is 1. The second kappa shape index (κ2) is 8.85. The van der Waals surface area contributed by atoms with Crippen LogP contribution >= 0.6 is 0 Å². The molecule has 2 atom stereocenters. The maximum absolute atomic E-state index is 13.1. The van der Waals surface area contributed by atoms with Crippen molar-refractivity contribution in [3.05, 3.63) is 35.4 Å². The molecule has 3 rings (SSSR count). The fourth-order valence-electron chi connectivity index (χ4n) is 4.35. The molecule has 0 unspecified atom stereocenters. The Hall–Kier alpha value is -1.92. The number of nitrogens with zero attached hydrogens (tertiary/aromatic N) is 3. The number of rotatable bonds is 5. The van der Waals surface area contributed by atoms with Crippen molar-refractivity contribution in [2.45, 2.75) is 51.2 Å². The van der Waals surface area contributed by atoms with Crippen LogP contribution in [0.5, 0.6) is 0 Å². The highest BCUT2D eigenvalue weighted by atomic mass is 16.4. The van der Waals surface area contributed by atoms with E-state index >= 15 is 0 Å². The van der Waals surface area contributed by atoms with Gasteiger partial charge in [0.25, 0.3) is 0 Å². The molecule has 2 heterocycles. The van der Waals surface area contributed by atoms with E-state index in [4.69, 9.17) is 5.11 Å². The number of likely N-dealkylation sites (N-methyl/N-ethyl adjacent to an activating group) is 1. The van der Waals surface area contributed by atoms with Gasteiger partial charge in [-0.25, -0.2) is 0 Å². The van der Waals surface area contributed by atoms with Crippen molar-refractivity contribution in [2.75, 3.05) is 33.2 Å². The zero-order valence-electron chi connectivity index (χ0n) is 16.4. The van der Waals surface area contributed by atoms with Crippen LogP contribution in [0.15, 0.2) is 24.3 Å². The van der Waals surface area contributed by atoms with Crippen LogP contribution in [0.1, 0.15) is 37.3 Å². The molecule has 1 aromatic carbocycles. The molecule has 1 amide bonds. The molecule has 148 valence electrons. The summed E-state index contributed by atoms with van der Waals surface area (Å²) in [7, 11) is 1.87. The van der Waals surface area contributed by atoms with E-state index in [1.54, 1.807) is 0 Å². The summed E-state index contributed by atoms with van der Waals surface area (Å²) >= 11 is 0. The molecule has 1 fully saturated rings. The smallest absolute Gasteiger partial charge is 0.317 e. The van der Waals surface area contributed by atoms with Crippen LogP contribution in [0, 0.1) is 0 Å². The number of carbonyl (C=O) groups is 2. The summed E-state index contributed by atoms with van der Waals surface area (Å²) in [4.78, 5) is 30.2. The van der Waals surface area contributed by atoms with Gasteiger partial charge >= 0.3 is 5.97 Å². The van der Waals surface area contributed by atoms with E-state index in [0.29, 0.717) is 6.54 Å². The number of hydrogen-bond acceptors (Lipinski definition) is 4. The summed E-state index contributed by atoms with van der Waals surface area (Å²) < 4.78 is 0. The molecular formula is C21H31N3O3. The largest absolute Gasteiger partial charge is 0.480 e. The van der Waals surface area contributed by atoms with Crippen LogP contribution in [0.2, 0.25) is 0 Å². The van der Waals surface area contributed by atoms with E-state index in [-0.39, 0.29) is 24.5 Å². The number of carboxylic acid groups (broad SMARTS) is 1. The highest BCUT2D eigenvalue weighted by Crippen LogP contribution is 2.22. The molecule has 6 nitrogen and oxygen atoms in total. The van der Waals surface area contributed by atoms with Crippen LogP contribution in [-0.2, 0) is 22.6 Å². The third-order valence-corrected chi connectivity index (χ3v) is 6.08. The van der Waals surface area contributed by atoms with Gasteiger partial charge in [-0.2, -0.15) is 0 Å². The average molecular weight is 373 g/mol. The predicted octanol–water partition coefficient (Wildman–Crippen LogP) is 1.83. The Kier molecular flexibility index (Phi) is 6.50. The predicted molar refractivity (Wildman–Crippen MR) is 105 cm³/mol. The Bertz CT molecular complexity index is 678. The summed E-state index contributed by atoms with van der Waals surface area (Å²) in [5.74, 6) is -0.593. The number of amides is 1. The van der Waals surface area contributed by atoms with Gasteiger partial charge in [-0.3, -0.25) is 19.4 Å². The molecule has 0 spiro atoms. The average Bonchev–Trinajstić information content (AvgIpc) is 2.92. The molecule has 1 N–H and O–H groups in total. The zero-order valence-corrected chi connectivity index (χ0v) is 16.4. The van der Waals surface area contributed by atoms with E-state index in [9.17, 15) is 9.59 Å². The fraction of sp³-hybridized carbons (Fsp3) is 0.619. The van der Waals surface area contributed by atoms with E-state index in [2.05, 4.69) is 29.2 Å². The van der Waals surface area contributed by atoms with Crippen LogP contribution in [0.4, 0.5) is 0 Å². The van der Waals surface area contributed by atoms with Gasteiger partial charge in [0, 0.05) is 32.2 Å². The number of likely N-dealkylation sites (tertiary alicyclic amines) is 1. The molecule has 2 aliphatic rings. The van der Waals surface area contributed by atoms with E-state index < -0.39 is 5.97 Å². The van der Waals surface area contributed by atoms with Crippen molar-refractivity contribution >= 4 is 11.9 Å². The third-order valence-electron chi connectivity index (χ3n) is 6.08. The van der Waals surface area contributed by atoms with E-state index in [1.165, 1.54) is 11.1 Å². The molecule has 0 bridgehead atoms. The van der Waals surface area contributed by atoms with Gasteiger partial charge in [-0.15, -0.1) is 0 Å². The number of carbonyl (C=O) groups excluding carboxylic acids is 1. The van der Waals surface area contributed by atoms with Crippen LogP contribution in [0.3, 0.4) is 0 Å². The summed E-state index contributed by atoms with van der Waals surface area (Å²) in [5, 5.41) is 9.00. The normalized spacial score (nSPS) is 22.2. The lowest BCUT2D eigenvalue weighted by Gasteiger charge is -2.35. The number of fused-ring (bicyclic) bond motifs is 1. The Balaban J connectivity index is 1.57. The Morgan fingerprint density at radius 3 is 2.67 bits per heavy atom. The summed E-state index contributed by atoms with van der Waals surface area (Å²) in [6.45, 7) is 5.31. The molecule has 0 aliphatic carbocycles. The zero-order chi connectivity index (χ0) is 19.4. The topological polar surface area (TPSA) is 64.1 Å². The molecule has 27 heavy (non-hydrogen) atoms. The first kappa shape index (κ1) is 19.8. The van der Waals surface area contributed by atoms with Crippen molar-refractivity contribution in [1.82, 2.24) is 14.7 Å². The minimum absolute atomic E-state index is 0.0577. The van der Waals surface area contributed by atoms with Gasteiger partial charge in [0.05, 0.1) is 12.6 Å². The van der Waals surface area contributed by atoms with Crippen molar-refractivity contribution < 1.29 is 14.7 Å². The van der Waals surface area contributed by atoms with Gasteiger partial charge in [0.1, 0.15) is 0 Å². The molecule has 2 aliphatic heterocycles. The van der Waals surface area contributed by atoms with Gasteiger partial charge in [0.2, 0.25) is 5.91 Å². The van der Waals surface area contributed by atoms with Crippen molar-refractivity contribution in [1.29, 1.82) is 0 Å². The number of carboxylic acids is 1. The van der Waals surface area contributed by atoms with Crippen LogP contribution in [0.25, 0.3) is 0 Å². The van der Waals surface area contributed by atoms with Crippen molar-refractivity contribution in [3.63, 3.8) is 0 Å². The van der Waals surface area contributed by atoms with Gasteiger partial charge in [-0.1, -0.05) is 24.3 Å². The Morgan fingerprint density at radius 2 is 1.93 bits per heavy atom. The lowest BCUT2D eigenvalue weighted by molar-refractivity contribution is -0.139. The Morgan fingerprint density at radius 1 is 1.19 bits per heavy atom. The third kappa shape index (κ3) is 4.87. The summed E-state index contributed by atoms with van der Waals surface area (Å²) in [6, 6.07) is 8.60. The van der Waals surface area contributed by atoms with E-state index in [0.717, 1.165) is 45.3 Å². The molecule has 1 saturated heterocycles. The first-order valence-corrected chi connectivity index (χ1v) is 9.97. The van der Waals surface area contributed by atoms with E-state index in [1.807, 2.05) is 23.8 Å². The maximum Gasteiger partial charge on any atom is 0.317 e. The quantitative estimate of drug-likeness (QED) is 0.853. The lowest BCUT2D eigenvalue weighted by atomic mass is 9.98. The molecular weight excluding hydrogens is 342 g/mol. The summed E-state index contributed by atoms with van der Waals surface area (Å²) in [5.41, 5.74) is 2.72. The van der Waals surface area contributed by atoms with Crippen LogP contribution < -0.4 is 0 Å².